The Morgan fingerprint density at radius 3 is 2.85 bits per heavy atom. The van der Waals surface area contributed by atoms with Gasteiger partial charge in [0.1, 0.15) is 18.1 Å². The van der Waals surface area contributed by atoms with Crippen molar-refractivity contribution in [1.82, 2.24) is 19.8 Å². The number of ether oxygens (including phenoxy) is 2. The number of fused-ring (bicyclic) bond motifs is 1. The number of rotatable bonds is 5. The number of nitrogens with one attached hydrogen (secondary N) is 2. The van der Waals surface area contributed by atoms with Crippen LogP contribution in [0.3, 0.4) is 0 Å². The van der Waals surface area contributed by atoms with Crippen LogP contribution < -0.4 is 20.1 Å². The fourth-order valence-electron chi connectivity index (χ4n) is 3.65. The molecule has 3 aromatic rings. The largest absolute Gasteiger partial charge is 0.454 e. The zero-order chi connectivity index (χ0) is 23.7. The maximum Gasteiger partial charge on any atom is 0.254 e. The lowest BCUT2D eigenvalue weighted by Crippen LogP contribution is -2.50. The second kappa shape index (κ2) is 9.06. The zero-order valence-electron chi connectivity index (χ0n) is 18.2. The highest BCUT2D eigenvalue weighted by Crippen LogP contribution is 2.44. The molecule has 1 saturated heterocycles. The van der Waals surface area contributed by atoms with E-state index < -0.39 is 0 Å². The van der Waals surface area contributed by atoms with Gasteiger partial charge in [-0.2, -0.15) is 4.98 Å². The predicted octanol–water partition coefficient (Wildman–Crippen LogP) is 3.26. The Balaban J connectivity index is 1.32. The average Bonchev–Trinajstić information content (AvgIpc) is 3.32. The second-order valence-corrected chi connectivity index (χ2v) is 8.20. The fraction of sp³-hybridized carbons (Fsp3) is 0.217. The van der Waals surface area contributed by atoms with Gasteiger partial charge in [-0.05, 0) is 36.4 Å². The van der Waals surface area contributed by atoms with Crippen molar-refractivity contribution in [2.24, 2.45) is 0 Å². The summed E-state index contributed by atoms with van der Waals surface area (Å²) in [5.41, 5.74) is 1.66. The number of hydrogen-bond donors (Lipinski definition) is 2. The van der Waals surface area contributed by atoms with E-state index in [2.05, 4.69) is 20.6 Å². The number of hydrogen-bond acceptors (Lipinski definition) is 8. The summed E-state index contributed by atoms with van der Waals surface area (Å²) in [5.74, 6) is 1.66. The number of carbonyl (C=O) groups is 2. The van der Waals surface area contributed by atoms with E-state index in [9.17, 15) is 9.59 Å². The molecule has 174 valence electrons. The normalized spacial score (nSPS) is 14.8. The van der Waals surface area contributed by atoms with E-state index in [0.717, 1.165) is 0 Å². The molecule has 2 N–H and O–H groups in total. The smallest absolute Gasteiger partial charge is 0.254 e. The van der Waals surface area contributed by atoms with Crippen molar-refractivity contribution in [2.75, 3.05) is 44.1 Å². The number of likely N-dealkylation sites (N-methyl/N-ethyl adjacent to an activating group) is 1. The maximum absolute atomic E-state index is 12.9. The molecule has 0 unspecified atom stereocenters. The molecule has 0 spiro atoms. The molecular formula is C23H21ClN6O4. The van der Waals surface area contributed by atoms with Crippen molar-refractivity contribution in [3.05, 3.63) is 59.2 Å². The van der Waals surface area contributed by atoms with Gasteiger partial charge in [0.05, 0.1) is 5.02 Å². The summed E-state index contributed by atoms with van der Waals surface area (Å²) in [7, 11) is 1.73. The molecule has 2 amide bonds. The van der Waals surface area contributed by atoms with Gasteiger partial charge in [0.15, 0.2) is 11.5 Å². The van der Waals surface area contributed by atoms with Crippen LogP contribution in [0.1, 0.15) is 10.4 Å². The molecule has 0 aliphatic carbocycles. The minimum Gasteiger partial charge on any atom is -0.454 e. The lowest BCUT2D eigenvalue weighted by atomic mass is 10.1. The number of benzene rings is 2. The monoisotopic (exact) mass is 480 g/mol. The summed E-state index contributed by atoms with van der Waals surface area (Å²) in [6, 6.07) is 12.2. The first-order chi connectivity index (χ1) is 16.5. The van der Waals surface area contributed by atoms with Crippen LogP contribution in [0.2, 0.25) is 5.02 Å². The van der Waals surface area contributed by atoms with E-state index >= 15 is 0 Å². The average molecular weight is 481 g/mol. The standard InChI is InChI=1S/C23H21ClN6O4/c1-29-9-10-30(12-19(29)31)22(32)14-3-2-4-15(11-14)26-23-25-8-7-18(28-23)27-20-16(24)5-6-17-21(20)34-13-33-17/h2-8,11H,9-10,12-13H2,1H3,(H2,25,26,27,28). The van der Waals surface area contributed by atoms with Crippen molar-refractivity contribution >= 4 is 46.6 Å². The third-order valence-electron chi connectivity index (χ3n) is 5.51. The Morgan fingerprint density at radius 1 is 1.12 bits per heavy atom. The van der Waals surface area contributed by atoms with Gasteiger partial charge in [-0.1, -0.05) is 17.7 Å². The van der Waals surface area contributed by atoms with Gasteiger partial charge >= 0.3 is 0 Å². The summed E-state index contributed by atoms with van der Waals surface area (Å²) >= 11 is 6.34. The van der Waals surface area contributed by atoms with E-state index in [-0.39, 0.29) is 25.2 Å². The summed E-state index contributed by atoms with van der Waals surface area (Å²) in [5, 5.41) is 6.73. The third kappa shape index (κ3) is 4.40. The summed E-state index contributed by atoms with van der Waals surface area (Å²) in [4.78, 5) is 36.8. The number of halogens is 1. The van der Waals surface area contributed by atoms with Crippen LogP contribution in [-0.2, 0) is 4.79 Å². The number of amides is 2. The number of carbonyl (C=O) groups excluding carboxylic acids is 2. The molecule has 0 bridgehead atoms. The van der Waals surface area contributed by atoms with E-state index in [1.165, 1.54) is 0 Å². The first-order valence-electron chi connectivity index (χ1n) is 10.6. The van der Waals surface area contributed by atoms with E-state index in [1.54, 1.807) is 59.4 Å². The van der Waals surface area contributed by atoms with Crippen molar-refractivity contribution in [1.29, 1.82) is 0 Å². The molecular weight excluding hydrogens is 460 g/mol. The molecule has 34 heavy (non-hydrogen) atoms. The summed E-state index contributed by atoms with van der Waals surface area (Å²) in [6.07, 6.45) is 1.59. The van der Waals surface area contributed by atoms with Crippen LogP contribution in [-0.4, -0.2) is 65.1 Å². The van der Waals surface area contributed by atoms with Gasteiger partial charge < -0.3 is 29.9 Å². The highest BCUT2D eigenvalue weighted by molar-refractivity contribution is 6.33. The molecule has 1 aromatic heterocycles. The van der Waals surface area contributed by atoms with Crippen LogP contribution >= 0.6 is 11.6 Å². The molecule has 5 rings (SSSR count). The van der Waals surface area contributed by atoms with Crippen LogP contribution in [0.15, 0.2) is 48.7 Å². The van der Waals surface area contributed by atoms with Crippen LogP contribution in [0.25, 0.3) is 0 Å². The van der Waals surface area contributed by atoms with Crippen LogP contribution in [0.4, 0.5) is 23.1 Å². The van der Waals surface area contributed by atoms with E-state index in [0.29, 0.717) is 58.3 Å². The minimum atomic E-state index is -0.198. The molecule has 2 aromatic carbocycles. The number of anilines is 4. The summed E-state index contributed by atoms with van der Waals surface area (Å²) < 4.78 is 10.9. The lowest BCUT2D eigenvalue weighted by molar-refractivity contribution is -0.133. The van der Waals surface area contributed by atoms with Crippen molar-refractivity contribution in [3.8, 4) is 11.5 Å². The van der Waals surface area contributed by atoms with Gasteiger partial charge in [-0.25, -0.2) is 4.98 Å². The molecule has 2 aliphatic rings. The van der Waals surface area contributed by atoms with E-state index in [4.69, 9.17) is 21.1 Å². The Kier molecular flexibility index (Phi) is 5.81. The third-order valence-corrected chi connectivity index (χ3v) is 5.82. The Bertz CT molecular complexity index is 1270. The van der Waals surface area contributed by atoms with Crippen molar-refractivity contribution in [3.63, 3.8) is 0 Å². The highest BCUT2D eigenvalue weighted by atomic mass is 35.5. The Morgan fingerprint density at radius 2 is 2.00 bits per heavy atom. The molecule has 0 saturated carbocycles. The fourth-order valence-corrected chi connectivity index (χ4v) is 3.85. The quantitative estimate of drug-likeness (QED) is 0.572. The number of piperazine rings is 1. The molecule has 11 heteroatoms. The lowest BCUT2D eigenvalue weighted by Gasteiger charge is -2.32. The second-order valence-electron chi connectivity index (χ2n) is 7.79. The minimum absolute atomic E-state index is 0.0737. The Hall–Kier alpha value is -4.05. The predicted molar refractivity (Wildman–Crippen MR) is 126 cm³/mol. The molecule has 1 fully saturated rings. The SMILES string of the molecule is CN1CCN(C(=O)c2cccc(Nc3nccc(Nc4c(Cl)ccc5c4OCO5)n3)c2)CC1=O. The highest BCUT2D eigenvalue weighted by Gasteiger charge is 2.26. The first kappa shape index (κ1) is 21.8. The molecule has 10 nitrogen and oxygen atoms in total. The van der Waals surface area contributed by atoms with E-state index in [1.807, 2.05) is 6.07 Å². The van der Waals surface area contributed by atoms with Gasteiger partial charge in [-0.15, -0.1) is 0 Å². The van der Waals surface area contributed by atoms with Crippen LogP contribution in [0.5, 0.6) is 11.5 Å². The topological polar surface area (TPSA) is 109 Å². The Labute approximate surface area is 200 Å². The molecule has 3 heterocycles. The van der Waals surface area contributed by atoms with Crippen molar-refractivity contribution in [2.45, 2.75) is 0 Å². The van der Waals surface area contributed by atoms with Gasteiger partial charge in [0.25, 0.3) is 5.91 Å². The zero-order valence-corrected chi connectivity index (χ0v) is 19.0. The molecule has 0 radical (unpaired) electrons. The van der Waals surface area contributed by atoms with Crippen LogP contribution in [0, 0.1) is 0 Å². The molecule has 2 aliphatic heterocycles. The first-order valence-corrected chi connectivity index (χ1v) is 10.9. The van der Waals surface area contributed by atoms with Crippen molar-refractivity contribution < 1.29 is 19.1 Å². The number of aromatic nitrogens is 2. The molecule has 0 atom stereocenters. The van der Waals surface area contributed by atoms with Gasteiger partial charge in [0, 0.05) is 37.6 Å². The van der Waals surface area contributed by atoms with Gasteiger partial charge in [-0.3, -0.25) is 9.59 Å². The number of nitrogens with zero attached hydrogens (tertiary/aromatic N) is 4. The maximum atomic E-state index is 12.9. The van der Waals surface area contributed by atoms with Gasteiger partial charge in [0.2, 0.25) is 18.6 Å². The summed E-state index contributed by atoms with van der Waals surface area (Å²) in [6.45, 7) is 1.21.